The summed E-state index contributed by atoms with van der Waals surface area (Å²) in [5.74, 6) is 0. The highest BCUT2D eigenvalue weighted by Crippen LogP contribution is 2.10. The Morgan fingerprint density at radius 1 is 1.00 bits per heavy atom. The predicted octanol–water partition coefficient (Wildman–Crippen LogP) is 3.26. The molecule has 1 N–H and O–H groups in total. The third-order valence-corrected chi connectivity index (χ3v) is 2.07. The van der Waals surface area contributed by atoms with Gasteiger partial charge in [-0.2, -0.15) is 0 Å². The van der Waals surface area contributed by atoms with Crippen LogP contribution in [0.15, 0.2) is 42.5 Å². The van der Waals surface area contributed by atoms with Crippen LogP contribution in [0, 0.1) is 6.07 Å². The van der Waals surface area contributed by atoms with E-state index in [-0.39, 0.29) is 0 Å². The lowest BCUT2D eigenvalue weighted by molar-refractivity contribution is 0.762. The van der Waals surface area contributed by atoms with Crippen molar-refractivity contribution in [2.75, 3.05) is 13.1 Å². The number of nitrogens with one attached hydrogen (secondary N) is 1. The number of fused-ring (bicyclic) bond motifs is 1. The fourth-order valence-corrected chi connectivity index (χ4v) is 1.31. The van der Waals surface area contributed by atoms with E-state index in [1.807, 2.05) is 24.3 Å². The molecule has 0 aliphatic carbocycles. The van der Waals surface area contributed by atoms with E-state index < -0.39 is 0 Å². The summed E-state index contributed by atoms with van der Waals surface area (Å²) < 4.78 is 0. The van der Waals surface area contributed by atoms with Gasteiger partial charge in [0.2, 0.25) is 0 Å². The third kappa shape index (κ3) is 4.13. The maximum atomic E-state index is 3.15. The summed E-state index contributed by atoms with van der Waals surface area (Å²) in [4.78, 5) is 0. The number of rotatable bonds is 2. The van der Waals surface area contributed by atoms with Gasteiger partial charge in [0.05, 0.1) is 0 Å². The first kappa shape index (κ1) is 11.7. The predicted molar refractivity (Wildman–Crippen MR) is 67.0 cm³/mol. The lowest BCUT2D eigenvalue weighted by Crippen LogP contribution is -2.09. The second kappa shape index (κ2) is 7.02. The molecular weight excluding hydrogens is 182 g/mol. The van der Waals surface area contributed by atoms with E-state index in [1.54, 1.807) is 0 Å². The molecule has 0 heterocycles. The van der Waals surface area contributed by atoms with Crippen molar-refractivity contribution < 1.29 is 0 Å². The van der Waals surface area contributed by atoms with Gasteiger partial charge in [-0.25, -0.2) is 0 Å². The zero-order chi connectivity index (χ0) is 10.9. The molecule has 0 amide bonds. The normalized spacial score (nSPS) is 9.47. The van der Waals surface area contributed by atoms with Crippen LogP contribution in [0.25, 0.3) is 10.8 Å². The van der Waals surface area contributed by atoms with Crippen LogP contribution in [0.1, 0.15) is 13.8 Å². The highest BCUT2D eigenvalue weighted by molar-refractivity contribution is 5.81. The first-order chi connectivity index (χ1) is 7.38. The van der Waals surface area contributed by atoms with Gasteiger partial charge in [0.1, 0.15) is 0 Å². The lowest BCUT2D eigenvalue weighted by Gasteiger charge is -1.91. The van der Waals surface area contributed by atoms with Crippen molar-refractivity contribution in [1.82, 2.24) is 5.32 Å². The Balaban J connectivity index is 0.000000195. The Bertz CT molecular complexity index is 314. The van der Waals surface area contributed by atoms with Crippen LogP contribution in [-0.2, 0) is 0 Å². The molecule has 2 aromatic carbocycles. The van der Waals surface area contributed by atoms with Crippen molar-refractivity contribution in [2.24, 2.45) is 0 Å². The van der Waals surface area contributed by atoms with Crippen molar-refractivity contribution in [3.63, 3.8) is 0 Å². The summed E-state index contributed by atoms with van der Waals surface area (Å²) in [5, 5.41) is 5.55. The minimum absolute atomic E-state index is 1.09. The highest BCUT2D eigenvalue weighted by atomic mass is 14.8. The molecule has 0 fully saturated rings. The Hall–Kier alpha value is -1.34. The summed E-state index contributed by atoms with van der Waals surface area (Å²) in [6.45, 7) is 6.39. The Morgan fingerprint density at radius 3 is 2.27 bits per heavy atom. The van der Waals surface area contributed by atoms with E-state index in [2.05, 4.69) is 43.4 Å². The molecule has 0 aliphatic heterocycles. The molecule has 2 aromatic rings. The monoisotopic (exact) mass is 200 g/mol. The minimum Gasteiger partial charge on any atom is -0.317 e. The van der Waals surface area contributed by atoms with Gasteiger partial charge in [-0.15, -0.1) is 0 Å². The first-order valence-corrected chi connectivity index (χ1v) is 5.44. The second-order valence-corrected chi connectivity index (χ2v) is 3.21. The maximum Gasteiger partial charge on any atom is -0.00775 e. The van der Waals surface area contributed by atoms with Crippen molar-refractivity contribution in [3.05, 3.63) is 48.5 Å². The molecule has 0 bridgehead atoms. The molecule has 0 atom stereocenters. The third-order valence-electron chi connectivity index (χ3n) is 2.07. The molecule has 15 heavy (non-hydrogen) atoms. The Labute approximate surface area is 92.1 Å². The molecule has 0 saturated heterocycles. The van der Waals surface area contributed by atoms with Crippen LogP contribution in [-0.4, -0.2) is 13.1 Å². The number of hydrogen-bond acceptors (Lipinski definition) is 1. The smallest absolute Gasteiger partial charge is 0.00775 e. The SMILES string of the molecule is CCNCC.[c]1cccc2ccccc12. The molecule has 0 saturated carbocycles. The minimum atomic E-state index is 1.09. The van der Waals surface area contributed by atoms with Gasteiger partial charge in [0.25, 0.3) is 0 Å². The van der Waals surface area contributed by atoms with Crippen LogP contribution in [0.4, 0.5) is 0 Å². The standard InChI is InChI=1S/C10H7.C4H11N/c1-2-6-10-8-4-3-7-9(10)5-1;1-3-5-4-2/h1-7H;5H,3-4H2,1-2H3. The van der Waals surface area contributed by atoms with E-state index >= 15 is 0 Å². The Kier molecular flexibility index (Phi) is 5.49. The largest absolute Gasteiger partial charge is 0.317 e. The molecule has 0 aromatic heterocycles. The van der Waals surface area contributed by atoms with E-state index in [9.17, 15) is 0 Å². The lowest BCUT2D eigenvalue weighted by atomic mass is 10.1. The van der Waals surface area contributed by atoms with Crippen molar-refractivity contribution >= 4 is 10.8 Å². The first-order valence-electron chi connectivity index (χ1n) is 5.44. The van der Waals surface area contributed by atoms with Crippen molar-refractivity contribution in [3.8, 4) is 0 Å². The van der Waals surface area contributed by atoms with Gasteiger partial charge in [-0.1, -0.05) is 56.3 Å². The van der Waals surface area contributed by atoms with Crippen LogP contribution in [0.5, 0.6) is 0 Å². The molecular formula is C14H18N. The molecule has 1 nitrogen and oxygen atoms in total. The van der Waals surface area contributed by atoms with Gasteiger partial charge in [0, 0.05) is 0 Å². The fraction of sp³-hybridized carbons (Fsp3) is 0.286. The quantitative estimate of drug-likeness (QED) is 0.784. The highest BCUT2D eigenvalue weighted by Gasteiger charge is 1.85. The number of hydrogen-bond donors (Lipinski definition) is 1. The molecule has 0 spiro atoms. The van der Waals surface area contributed by atoms with E-state index in [4.69, 9.17) is 0 Å². The summed E-state index contributed by atoms with van der Waals surface area (Å²) in [6.07, 6.45) is 0. The molecule has 2 rings (SSSR count). The Morgan fingerprint density at radius 2 is 1.67 bits per heavy atom. The van der Waals surface area contributed by atoms with Gasteiger partial charge in [-0.3, -0.25) is 0 Å². The van der Waals surface area contributed by atoms with E-state index in [0.717, 1.165) is 13.1 Å². The molecule has 1 radical (unpaired) electrons. The maximum absolute atomic E-state index is 3.15. The second-order valence-electron chi connectivity index (χ2n) is 3.21. The molecule has 1 heteroatoms. The summed E-state index contributed by atoms with van der Waals surface area (Å²) >= 11 is 0. The van der Waals surface area contributed by atoms with Crippen molar-refractivity contribution in [1.29, 1.82) is 0 Å². The zero-order valence-corrected chi connectivity index (χ0v) is 9.46. The van der Waals surface area contributed by atoms with Gasteiger partial charge < -0.3 is 5.32 Å². The van der Waals surface area contributed by atoms with Crippen molar-refractivity contribution in [2.45, 2.75) is 13.8 Å². The van der Waals surface area contributed by atoms with Crippen LogP contribution < -0.4 is 5.32 Å². The van der Waals surface area contributed by atoms with Gasteiger partial charge >= 0.3 is 0 Å². The van der Waals surface area contributed by atoms with Gasteiger partial charge in [0.15, 0.2) is 0 Å². The summed E-state index contributed by atoms with van der Waals surface area (Å²) in [5.41, 5.74) is 0. The van der Waals surface area contributed by atoms with Gasteiger partial charge in [-0.05, 0) is 29.9 Å². The van der Waals surface area contributed by atoms with Crippen LogP contribution in [0.3, 0.4) is 0 Å². The summed E-state index contributed by atoms with van der Waals surface area (Å²) in [6, 6.07) is 17.4. The zero-order valence-electron chi connectivity index (χ0n) is 9.46. The average molecular weight is 200 g/mol. The fourth-order valence-electron chi connectivity index (χ4n) is 1.31. The molecule has 0 unspecified atom stereocenters. The molecule has 79 valence electrons. The summed E-state index contributed by atoms with van der Waals surface area (Å²) in [7, 11) is 0. The topological polar surface area (TPSA) is 12.0 Å². The van der Waals surface area contributed by atoms with E-state index in [1.165, 1.54) is 10.8 Å². The van der Waals surface area contributed by atoms with Crippen LogP contribution in [0.2, 0.25) is 0 Å². The average Bonchev–Trinajstić information content (AvgIpc) is 2.31. The number of benzene rings is 2. The van der Waals surface area contributed by atoms with E-state index in [0.29, 0.717) is 0 Å². The van der Waals surface area contributed by atoms with Crippen LogP contribution >= 0.6 is 0 Å². The molecule has 0 aliphatic rings.